The van der Waals surface area contributed by atoms with Crippen molar-refractivity contribution < 1.29 is 9.72 Å². The van der Waals surface area contributed by atoms with Gasteiger partial charge >= 0.3 is 0 Å². The summed E-state index contributed by atoms with van der Waals surface area (Å²) < 4.78 is 1.54. The molecule has 1 aromatic carbocycles. The summed E-state index contributed by atoms with van der Waals surface area (Å²) in [6.45, 7) is 3.65. The lowest BCUT2D eigenvalue weighted by Crippen LogP contribution is -2.16. The molecule has 110 valence electrons. The van der Waals surface area contributed by atoms with Crippen LogP contribution in [-0.4, -0.2) is 20.6 Å². The first-order valence-electron chi connectivity index (χ1n) is 6.06. The number of benzene rings is 1. The molecule has 1 N–H and O–H groups in total. The molecule has 0 spiro atoms. The van der Waals surface area contributed by atoms with Crippen LogP contribution in [0.3, 0.4) is 0 Å². The second-order valence-corrected chi connectivity index (χ2v) is 4.97. The average molecular weight is 309 g/mol. The summed E-state index contributed by atoms with van der Waals surface area (Å²) in [6, 6.07) is 3.73. The van der Waals surface area contributed by atoms with Gasteiger partial charge in [-0.25, -0.2) is 0 Å². The molecule has 2 rings (SSSR count). The van der Waals surface area contributed by atoms with Gasteiger partial charge < -0.3 is 5.32 Å². The van der Waals surface area contributed by atoms with E-state index in [0.717, 1.165) is 17.3 Å². The first-order chi connectivity index (χ1) is 9.81. The monoisotopic (exact) mass is 308 g/mol. The number of anilines is 1. The molecule has 0 saturated carbocycles. The molecule has 8 heteroatoms. The van der Waals surface area contributed by atoms with E-state index >= 15 is 0 Å². The van der Waals surface area contributed by atoms with Gasteiger partial charge in [-0.15, -0.1) is 0 Å². The number of aryl methyl sites for hydroxylation is 2. The maximum atomic E-state index is 12.3. The number of non-ortho nitro benzene ring substituents is 1. The highest BCUT2D eigenvalue weighted by atomic mass is 35.5. The van der Waals surface area contributed by atoms with Gasteiger partial charge in [-0.1, -0.05) is 11.6 Å². The number of aromatic nitrogens is 2. The molecule has 0 saturated heterocycles. The molecule has 0 fully saturated rings. The zero-order valence-corrected chi connectivity index (χ0v) is 12.4. The zero-order valence-electron chi connectivity index (χ0n) is 11.7. The highest BCUT2D eigenvalue weighted by Gasteiger charge is 2.18. The number of nitro benzene ring substituents is 1. The average Bonchev–Trinajstić information content (AvgIpc) is 2.65. The smallest absolute Gasteiger partial charge is 0.270 e. The molecule has 0 atom stereocenters. The first kappa shape index (κ1) is 15.0. The Hall–Kier alpha value is -2.41. The van der Waals surface area contributed by atoms with Crippen molar-refractivity contribution in [3.63, 3.8) is 0 Å². The lowest BCUT2D eigenvalue weighted by Gasteiger charge is -2.08. The van der Waals surface area contributed by atoms with Crippen molar-refractivity contribution in [2.24, 2.45) is 7.05 Å². The van der Waals surface area contributed by atoms with Crippen LogP contribution in [0, 0.1) is 24.0 Å². The zero-order chi connectivity index (χ0) is 15.7. The van der Waals surface area contributed by atoms with Crippen LogP contribution in [-0.2, 0) is 7.05 Å². The highest BCUT2D eigenvalue weighted by molar-refractivity contribution is 6.34. The number of rotatable bonds is 3. The number of nitrogens with zero attached hydrogens (tertiary/aromatic N) is 3. The van der Waals surface area contributed by atoms with Crippen molar-refractivity contribution in [3.05, 3.63) is 50.2 Å². The number of halogens is 1. The number of nitro groups is 1. The van der Waals surface area contributed by atoms with E-state index in [1.54, 1.807) is 7.05 Å². The SMILES string of the molecule is Cc1nn(C)c(NC(=O)c2cc([N+](=O)[O-])ccc2Cl)c1C. The third-order valence-electron chi connectivity index (χ3n) is 3.16. The van der Waals surface area contributed by atoms with Gasteiger partial charge in [0.25, 0.3) is 11.6 Å². The lowest BCUT2D eigenvalue weighted by molar-refractivity contribution is -0.384. The predicted molar refractivity (Wildman–Crippen MR) is 78.7 cm³/mol. The van der Waals surface area contributed by atoms with Crippen LogP contribution < -0.4 is 5.32 Å². The number of hydrogen-bond acceptors (Lipinski definition) is 4. The van der Waals surface area contributed by atoms with Crippen LogP contribution in [0.1, 0.15) is 21.6 Å². The Labute approximate surface area is 125 Å². The summed E-state index contributed by atoms with van der Waals surface area (Å²) in [5.74, 6) is 0.00914. The molecule has 0 aliphatic heterocycles. The van der Waals surface area contributed by atoms with E-state index in [0.29, 0.717) is 5.82 Å². The minimum atomic E-state index is -0.577. The number of amides is 1. The summed E-state index contributed by atoms with van der Waals surface area (Å²) in [5, 5.41) is 17.8. The molecule has 1 aromatic heterocycles. The van der Waals surface area contributed by atoms with Crippen LogP contribution in [0.15, 0.2) is 18.2 Å². The summed E-state index contributed by atoms with van der Waals surface area (Å²) in [4.78, 5) is 22.5. The van der Waals surface area contributed by atoms with Gasteiger partial charge in [0.1, 0.15) is 5.82 Å². The molecule has 2 aromatic rings. The summed E-state index contributed by atoms with van der Waals surface area (Å²) in [7, 11) is 1.70. The standard InChI is InChI=1S/C13H13ClN4O3/c1-7-8(2)16-17(3)12(7)15-13(19)10-6-9(18(20)21)4-5-11(10)14/h4-6H,1-3H3,(H,15,19). The van der Waals surface area contributed by atoms with Crippen molar-refractivity contribution in [2.45, 2.75) is 13.8 Å². The van der Waals surface area contributed by atoms with Gasteiger partial charge in [0.05, 0.1) is 21.2 Å². The highest BCUT2D eigenvalue weighted by Crippen LogP contribution is 2.24. The molecule has 1 amide bonds. The Morgan fingerprint density at radius 2 is 2.10 bits per heavy atom. The second-order valence-electron chi connectivity index (χ2n) is 4.56. The van der Waals surface area contributed by atoms with E-state index in [4.69, 9.17) is 11.6 Å². The van der Waals surface area contributed by atoms with E-state index in [1.165, 1.54) is 16.8 Å². The van der Waals surface area contributed by atoms with Gasteiger partial charge in [-0.3, -0.25) is 19.6 Å². The molecular weight excluding hydrogens is 296 g/mol. The van der Waals surface area contributed by atoms with Crippen LogP contribution in [0.25, 0.3) is 0 Å². The largest absolute Gasteiger partial charge is 0.307 e. The Morgan fingerprint density at radius 3 is 2.62 bits per heavy atom. The maximum Gasteiger partial charge on any atom is 0.270 e. The van der Waals surface area contributed by atoms with Gasteiger partial charge in [-0.05, 0) is 19.9 Å². The van der Waals surface area contributed by atoms with E-state index in [-0.39, 0.29) is 16.3 Å². The summed E-state index contributed by atoms with van der Waals surface area (Å²) in [5.41, 5.74) is 1.47. The van der Waals surface area contributed by atoms with Crippen molar-refractivity contribution in [1.82, 2.24) is 9.78 Å². The Bertz CT molecular complexity index is 739. The molecule has 0 radical (unpaired) electrons. The van der Waals surface area contributed by atoms with Gasteiger partial charge in [-0.2, -0.15) is 5.10 Å². The van der Waals surface area contributed by atoms with Gasteiger partial charge in [0, 0.05) is 24.7 Å². The topological polar surface area (TPSA) is 90.1 Å². The summed E-state index contributed by atoms with van der Waals surface area (Å²) >= 11 is 5.94. The molecule has 21 heavy (non-hydrogen) atoms. The third kappa shape index (κ3) is 2.87. The third-order valence-corrected chi connectivity index (χ3v) is 3.49. The Morgan fingerprint density at radius 1 is 1.43 bits per heavy atom. The molecular formula is C13H13ClN4O3. The van der Waals surface area contributed by atoms with Crippen molar-refractivity contribution >= 4 is 29.0 Å². The number of nitrogens with one attached hydrogen (secondary N) is 1. The van der Waals surface area contributed by atoms with Crippen LogP contribution in [0.4, 0.5) is 11.5 Å². The fourth-order valence-electron chi connectivity index (χ4n) is 1.91. The molecule has 1 heterocycles. The van der Waals surface area contributed by atoms with Crippen LogP contribution >= 0.6 is 11.6 Å². The molecule has 7 nitrogen and oxygen atoms in total. The lowest BCUT2D eigenvalue weighted by atomic mass is 10.2. The van der Waals surface area contributed by atoms with E-state index in [1.807, 2.05) is 13.8 Å². The molecule has 0 unspecified atom stereocenters. The van der Waals surface area contributed by atoms with E-state index < -0.39 is 10.8 Å². The Kier molecular flexibility index (Phi) is 3.95. The van der Waals surface area contributed by atoms with E-state index in [2.05, 4.69) is 10.4 Å². The normalized spacial score (nSPS) is 10.5. The Balaban J connectivity index is 2.36. The van der Waals surface area contributed by atoms with Crippen LogP contribution in [0.2, 0.25) is 5.02 Å². The fourth-order valence-corrected chi connectivity index (χ4v) is 2.12. The number of carbonyl (C=O) groups is 1. The van der Waals surface area contributed by atoms with E-state index in [9.17, 15) is 14.9 Å². The quantitative estimate of drug-likeness (QED) is 0.697. The fraction of sp³-hybridized carbons (Fsp3) is 0.231. The molecule has 0 aliphatic rings. The summed E-state index contributed by atoms with van der Waals surface area (Å²) in [6.07, 6.45) is 0. The number of hydrogen-bond donors (Lipinski definition) is 1. The molecule has 0 bridgehead atoms. The first-order valence-corrected chi connectivity index (χ1v) is 6.44. The van der Waals surface area contributed by atoms with Gasteiger partial charge in [0.15, 0.2) is 0 Å². The van der Waals surface area contributed by atoms with Crippen LogP contribution in [0.5, 0.6) is 0 Å². The minimum absolute atomic E-state index is 0.0455. The van der Waals surface area contributed by atoms with Crippen molar-refractivity contribution in [3.8, 4) is 0 Å². The van der Waals surface area contributed by atoms with Gasteiger partial charge in [0.2, 0.25) is 0 Å². The number of carbonyl (C=O) groups excluding carboxylic acids is 1. The van der Waals surface area contributed by atoms with Crippen molar-refractivity contribution in [1.29, 1.82) is 0 Å². The molecule has 0 aliphatic carbocycles. The maximum absolute atomic E-state index is 12.3. The minimum Gasteiger partial charge on any atom is -0.307 e. The predicted octanol–water partition coefficient (Wildman–Crippen LogP) is 2.85. The second kappa shape index (κ2) is 5.53. The van der Waals surface area contributed by atoms with Crippen molar-refractivity contribution in [2.75, 3.05) is 5.32 Å².